The molecule has 1 saturated heterocycles. The predicted molar refractivity (Wildman–Crippen MR) is 83.4 cm³/mol. The molecule has 2 heterocycles. The number of nitrogens with zero attached hydrogens (tertiary/aromatic N) is 3. The fraction of sp³-hybridized carbons (Fsp3) is 0.769. The molecule has 0 radical (unpaired) electrons. The van der Waals surface area contributed by atoms with Crippen molar-refractivity contribution in [3.63, 3.8) is 0 Å². The van der Waals surface area contributed by atoms with Crippen LogP contribution in [0.5, 0.6) is 0 Å². The topological polar surface area (TPSA) is 71.5 Å². The summed E-state index contributed by atoms with van der Waals surface area (Å²) >= 11 is 2.15. The second-order valence-corrected chi connectivity index (χ2v) is 6.49. The highest BCUT2D eigenvalue weighted by Gasteiger charge is 2.32. The van der Waals surface area contributed by atoms with Crippen LogP contribution in [0, 0.1) is 9.62 Å². The average Bonchev–Trinajstić information content (AvgIpc) is 2.90. The average molecular weight is 407 g/mol. The first kappa shape index (κ1) is 15.0. The van der Waals surface area contributed by atoms with E-state index in [1.807, 2.05) is 5.01 Å². The van der Waals surface area contributed by atoms with Gasteiger partial charge in [-0.05, 0) is 12.8 Å². The Hall–Kier alpha value is -0.900. The maximum absolute atomic E-state index is 12.3. The lowest BCUT2D eigenvalue weighted by Gasteiger charge is -2.20. The molecule has 0 aromatic carbocycles. The van der Waals surface area contributed by atoms with Gasteiger partial charge in [-0.3, -0.25) is 14.6 Å². The molecule has 3 rings (SSSR count). The molecule has 0 bridgehead atoms. The molecule has 2 aliphatic rings. The van der Waals surface area contributed by atoms with E-state index < -0.39 is 0 Å². The summed E-state index contributed by atoms with van der Waals surface area (Å²) in [7, 11) is 0. The fourth-order valence-corrected chi connectivity index (χ4v) is 3.44. The van der Waals surface area contributed by atoms with Gasteiger partial charge in [0.1, 0.15) is 0 Å². The highest BCUT2D eigenvalue weighted by atomic mass is 127. The number of nitrogens with one attached hydrogen (secondary N) is 1. The third-order valence-electron chi connectivity index (χ3n) is 4.04. The van der Waals surface area contributed by atoms with E-state index in [0.717, 1.165) is 42.5 Å². The SMILES string of the molecule is O=C(Nc1on[n+](N2CCOCC2)c1I)C1CCCCC1. The Balaban J connectivity index is 1.65. The van der Waals surface area contributed by atoms with E-state index in [-0.39, 0.29) is 11.8 Å². The highest BCUT2D eigenvalue weighted by Crippen LogP contribution is 2.25. The van der Waals surface area contributed by atoms with E-state index >= 15 is 0 Å². The summed E-state index contributed by atoms with van der Waals surface area (Å²) in [4.78, 5) is 14.0. The van der Waals surface area contributed by atoms with E-state index in [0.29, 0.717) is 19.1 Å². The van der Waals surface area contributed by atoms with Crippen LogP contribution in [-0.4, -0.2) is 37.5 Å². The predicted octanol–water partition coefficient (Wildman–Crippen LogP) is 1.05. The van der Waals surface area contributed by atoms with Gasteiger partial charge in [0.2, 0.25) is 11.2 Å². The first-order valence-electron chi connectivity index (χ1n) is 7.47. The number of rotatable bonds is 3. The molecule has 1 saturated carbocycles. The van der Waals surface area contributed by atoms with E-state index in [1.165, 1.54) is 6.42 Å². The molecule has 8 heteroatoms. The summed E-state index contributed by atoms with van der Waals surface area (Å²) in [6.45, 7) is 2.89. The zero-order chi connectivity index (χ0) is 14.7. The van der Waals surface area contributed by atoms with Crippen molar-refractivity contribution >= 4 is 34.4 Å². The summed E-state index contributed by atoms with van der Waals surface area (Å²) < 4.78 is 11.4. The maximum atomic E-state index is 12.3. The summed E-state index contributed by atoms with van der Waals surface area (Å²) in [5.74, 6) is 0.604. The second kappa shape index (κ2) is 6.91. The molecular formula is C13H20IN4O3+. The fourth-order valence-electron chi connectivity index (χ4n) is 2.82. The molecule has 116 valence electrons. The van der Waals surface area contributed by atoms with Gasteiger partial charge in [0, 0.05) is 5.92 Å². The number of halogens is 1. The minimum atomic E-state index is 0.0536. The quantitative estimate of drug-likeness (QED) is 0.600. The molecule has 0 spiro atoms. The molecule has 1 aliphatic carbocycles. The Morgan fingerprint density at radius 2 is 2.00 bits per heavy atom. The van der Waals surface area contributed by atoms with Crippen LogP contribution in [0.1, 0.15) is 32.1 Å². The van der Waals surface area contributed by atoms with Crippen LogP contribution in [0.4, 0.5) is 5.88 Å². The number of ether oxygens (including phenoxy) is 1. The highest BCUT2D eigenvalue weighted by molar-refractivity contribution is 14.1. The molecule has 1 aromatic rings. The van der Waals surface area contributed by atoms with E-state index in [1.54, 1.807) is 4.79 Å². The number of carbonyl (C=O) groups excluding carboxylic acids is 1. The molecule has 2 fully saturated rings. The van der Waals surface area contributed by atoms with Gasteiger partial charge in [-0.25, -0.2) is 0 Å². The lowest BCUT2D eigenvalue weighted by molar-refractivity contribution is -0.770. The van der Waals surface area contributed by atoms with Crippen molar-refractivity contribution in [2.75, 3.05) is 36.6 Å². The van der Waals surface area contributed by atoms with Gasteiger partial charge in [-0.15, -0.1) is 5.01 Å². The minimum absolute atomic E-state index is 0.0536. The Morgan fingerprint density at radius 1 is 1.29 bits per heavy atom. The normalized spacial score (nSPS) is 20.5. The van der Waals surface area contributed by atoms with Crippen molar-refractivity contribution < 1.29 is 18.8 Å². The number of morpholine rings is 1. The summed E-state index contributed by atoms with van der Waals surface area (Å²) in [5, 5.41) is 8.96. The van der Waals surface area contributed by atoms with E-state index in [2.05, 4.69) is 33.2 Å². The van der Waals surface area contributed by atoms with Gasteiger partial charge in [-0.2, -0.15) is 0 Å². The zero-order valence-electron chi connectivity index (χ0n) is 11.9. The molecule has 1 amide bonds. The van der Waals surface area contributed by atoms with E-state index in [4.69, 9.17) is 9.26 Å². The first-order chi connectivity index (χ1) is 10.3. The van der Waals surface area contributed by atoms with Gasteiger partial charge in [0.05, 0.1) is 53.7 Å². The second-order valence-electron chi connectivity index (χ2n) is 5.47. The number of anilines is 1. The summed E-state index contributed by atoms with van der Waals surface area (Å²) in [5.41, 5.74) is 0. The monoisotopic (exact) mass is 407 g/mol. The van der Waals surface area contributed by atoms with Crippen molar-refractivity contribution in [3.05, 3.63) is 3.70 Å². The molecule has 0 atom stereocenters. The number of amides is 1. The Labute approximate surface area is 137 Å². The van der Waals surface area contributed by atoms with Crippen LogP contribution in [0.3, 0.4) is 0 Å². The van der Waals surface area contributed by atoms with Crippen LogP contribution in [-0.2, 0) is 9.53 Å². The van der Waals surface area contributed by atoms with E-state index in [9.17, 15) is 4.79 Å². The molecule has 1 N–H and O–H groups in total. The first-order valence-corrected chi connectivity index (χ1v) is 8.55. The summed E-state index contributed by atoms with van der Waals surface area (Å²) in [6.07, 6.45) is 5.46. The van der Waals surface area contributed by atoms with Crippen molar-refractivity contribution in [1.29, 1.82) is 0 Å². The maximum Gasteiger partial charge on any atom is 0.365 e. The van der Waals surface area contributed by atoms with Gasteiger partial charge in [-0.1, -0.05) is 19.3 Å². The summed E-state index contributed by atoms with van der Waals surface area (Å²) in [6, 6.07) is 0. The Morgan fingerprint density at radius 3 is 2.71 bits per heavy atom. The third kappa shape index (κ3) is 3.47. The van der Waals surface area contributed by atoms with Crippen molar-refractivity contribution in [1.82, 2.24) is 5.27 Å². The largest absolute Gasteiger partial charge is 0.377 e. The lowest BCUT2D eigenvalue weighted by Crippen LogP contribution is -2.64. The van der Waals surface area contributed by atoms with Crippen LogP contribution < -0.4 is 15.1 Å². The zero-order valence-corrected chi connectivity index (χ0v) is 14.0. The Bertz CT molecular complexity index is 496. The smallest absolute Gasteiger partial charge is 0.365 e. The Kier molecular flexibility index (Phi) is 4.94. The van der Waals surface area contributed by atoms with Gasteiger partial charge in [0.25, 0.3) is 0 Å². The lowest BCUT2D eigenvalue weighted by atomic mass is 9.89. The molecular weight excluding hydrogens is 387 g/mol. The van der Waals surface area contributed by atoms with Gasteiger partial charge >= 0.3 is 9.58 Å². The number of hydrogen-bond acceptors (Lipinski definition) is 5. The standard InChI is InChI=1S/C13H19IN4O3/c14-11-13(15-12(19)10-4-2-1-3-5-10)21-16-18(11)17-6-8-20-9-7-17/h10H,1-9H2/p+1. The van der Waals surface area contributed by atoms with Crippen LogP contribution >= 0.6 is 22.6 Å². The van der Waals surface area contributed by atoms with Crippen LogP contribution in [0.2, 0.25) is 0 Å². The third-order valence-corrected chi connectivity index (χ3v) is 4.96. The number of aromatic nitrogens is 2. The van der Waals surface area contributed by atoms with Crippen LogP contribution in [0.25, 0.3) is 0 Å². The molecule has 7 nitrogen and oxygen atoms in total. The van der Waals surface area contributed by atoms with Gasteiger partial charge < -0.3 is 4.74 Å². The van der Waals surface area contributed by atoms with Crippen molar-refractivity contribution in [3.8, 4) is 0 Å². The number of hydrogen-bond donors (Lipinski definition) is 1. The van der Waals surface area contributed by atoms with Crippen LogP contribution in [0.15, 0.2) is 4.52 Å². The number of carbonyl (C=O) groups is 1. The van der Waals surface area contributed by atoms with Crippen molar-refractivity contribution in [2.24, 2.45) is 5.92 Å². The molecule has 21 heavy (non-hydrogen) atoms. The molecule has 1 aromatic heterocycles. The molecule has 1 aliphatic heterocycles. The van der Waals surface area contributed by atoms with Crippen molar-refractivity contribution in [2.45, 2.75) is 32.1 Å². The molecule has 0 unspecified atom stereocenters. The minimum Gasteiger partial charge on any atom is -0.377 e. The van der Waals surface area contributed by atoms with Gasteiger partial charge in [0.15, 0.2) is 0 Å².